The highest BCUT2D eigenvalue weighted by molar-refractivity contribution is 6.38. The quantitative estimate of drug-likeness (QED) is 0.728. The average Bonchev–Trinajstić information content (AvgIpc) is 3.13. The zero-order chi connectivity index (χ0) is 15.3. The molecule has 22 heavy (non-hydrogen) atoms. The lowest BCUT2D eigenvalue weighted by atomic mass is 10.1. The van der Waals surface area contributed by atoms with Gasteiger partial charge < -0.3 is 14.5 Å². The fourth-order valence-electron chi connectivity index (χ4n) is 3.26. The van der Waals surface area contributed by atoms with E-state index in [1.807, 2.05) is 35.2 Å². The molecule has 0 fully saturated rings. The molecule has 1 amide bonds. The Morgan fingerprint density at radius 2 is 2.05 bits per heavy atom. The molecule has 0 radical (unpaired) electrons. The van der Waals surface area contributed by atoms with Gasteiger partial charge in [0.25, 0.3) is 5.91 Å². The molecule has 0 spiro atoms. The summed E-state index contributed by atoms with van der Waals surface area (Å²) in [5.41, 5.74) is 2.53. The van der Waals surface area contributed by atoms with Gasteiger partial charge in [-0.1, -0.05) is 29.8 Å². The van der Waals surface area contributed by atoms with E-state index in [0.29, 0.717) is 17.3 Å². The lowest BCUT2D eigenvalue weighted by Gasteiger charge is -2.34. The molecule has 3 aromatic rings. The van der Waals surface area contributed by atoms with Crippen LogP contribution in [-0.2, 0) is 6.54 Å². The molecule has 0 bridgehead atoms. The van der Waals surface area contributed by atoms with E-state index >= 15 is 0 Å². The van der Waals surface area contributed by atoms with Crippen molar-refractivity contribution < 1.29 is 4.79 Å². The largest absolute Gasteiger partial charge is 0.349 e. The van der Waals surface area contributed by atoms with Crippen LogP contribution in [0, 0.1) is 0 Å². The number of nitrogens with zero attached hydrogens (tertiary/aromatic N) is 2. The number of H-pyrrole nitrogens is 1. The Kier molecular flexibility index (Phi) is 3.01. The summed E-state index contributed by atoms with van der Waals surface area (Å²) < 4.78 is 2.20. The highest BCUT2D eigenvalue weighted by Gasteiger charge is 2.30. The van der Waals surface area contributed by atoms with E-state index in [4.69, 9.17) is 11.6 Å². The molecule has 1 aliphatic heterocycles. The molecule has 4 rings (SSSR count). The number of aromatic amines is 1. The summed E-state index contributed by atoms with van der Waals surface area (Å²) in [5.74, 6) is -0.0406. The first-order valence-electron chi connectivity index (χ1n) is 7.39. The molecule has 5 heteroatoms. The molecule has 1 atom stereocenters. The predicted molar refractivity (Wildman–Crippen MR) is 87.2 cm³/mol. The fourth-order valence-corrected chi connectivity index (χ4v) is 3.55. The molecular formula is C17H16ClN3O. The fraction of sp³-hybridized carbons (Fsp3) is 0.235. The Balaban J connectivity index is 1.74. The Labute approximate surface area is 133 Å². The van der Waals surface area contributed by atoms with Gasteiger partial charge in [-0.05, 0) is 25.1 Å². The minimum absolute atomic E-state index is 0.0405. The van der Waals surface area contributed by atoms with Gasteiger partial charge in [-0.2, -0.15) is 0 Å². The Bertz CT molecular complexity index is 864. The van der Waals surface area contributed by atoms with Crippen LogP contribution >= 0.6 is 11.6 Å². The number of hydrogen-bond acceptors (Lipinski definition) is 1. The summed E-state index contributed by atoms with van der Waals surface area (Å²) in [6.45, 7) is 3.56. The minimum Gasteiger partial charge on any atom is -0.349 e. The normalized spacial score (nSPS) is 17.7. The van der Waals surface area contributed by atoms with Crippen LogP contribution in [-0.4, -0.2) is 26.9 Å². The molecule has 0 saturated carbocycles. The van der Waals surface area contributed by atoms with E-state index in [1.165, 1.54) is 0 Å². The highest BCUT2D eigenvalue weighted by Crippen LogP contribution is 2.32. The summed E-state index contributed by atoms with van der Waals surface area (Å²) in [6.07, 6.45) is 2.06. The van der Waals surface area contributed by atoms with Crippen molar-refractivity contribution in [2.75, 3.05) is 6.54 Å². The molecule has 4 nitrogen and oxygen atoms in total. The van der Waals surface area contributed by atoms with Crippen molar-refractivity contribution in [1.29, 1.82) is 0 Å². The molecule has 0 saturated heterocycles. The maximum atomic E-state index is 12.9. The van der Waals surface area contributed by atoms with Crippen molar-refractivity contribution in [2.24, 2.45) is 0 Å². The number of para-hydroxylation sites is 1. The third kappa shape index (κ3) is 1.87. The van der Waals surface area contributed by atoms with E-state index in [9.17, 15) is 4.79 Å². The van der Waals surface area contributed by atoms with Gasteiger partial charge in [0.1, 0.15) is 5.69 Å². The Morgan fingerprint density at radius 1 is 1.23 bits per heavy atom. The van der Waals surface area contributed by atoms with E-state index < -0.39 is 0 Å². The molecule has 3 heterocycles. The summed E-state index contributed by atoms with van der Waals surface area (Å²) in [5, 5.41) is 1.40. The number of rotatable bonds is 1. The standard InChI is InChI=1S/C17H16ClN3O/c1-11-14-7-4-8-20(14)9-10-21(11)17(22)16-15(18)12-5-2-3-6-13(12)19-16/h2-8,11,19H,9-10H2,1H3. The van der Waals surface area contributed by atoms with Gasteiger partial charge in [0.15, 0.2) is 0 Å². The number of aromatic nitrogens is 2. The van der Waals surface area contributed by atoms with Crippen molar-refractivity contribution >= 4 is 28.4 Å². The van der Waals surface area contributed by atoms with Crippen LogP contribution in [0.25, 0.3) is 10.9 Å². The van der Waals surface area contributed by atoms with Gasteiger partial charge in [-0.3, -0.25) is 4.79 Å². The maximum absolute atomic E-state index is 12.9. The first-order chi connectivity index (χ1) is 10.7. The predicted octanol–water partition coefficient (Wildman–Crippen LogP) is 3.84. The summed E-state index contributed by atoms with van der Waals surface area (Å²) in [4.78, 5) is 18.0. The summed E-state index contributed by atoms with van der Waals surface area (Å²) >= 11 is 6.41. The molecule has 1 aliphatic rings. The van der Waals surface area contributed by atoms with Crippen molar-refractivity contribution in [1.82, 2.24) is 14.5 Å². The van der Waals surface area contributed by atoms with E-state index in [2.05, 4.69) is 28.7 Å². The first-order valence-corrected chi connectivity index (χ1v) is 7.77. The van der Waals surface area contributed by atoms with Crippen LogP contribution in [0.15, 0.2) is 42.6 Å². The number of fused-ring (bicyclic) bond motifs is 2. The van der Waals surface area contributed by atoms with Gasteiger partial charge in [0.05, 0.1) is 11.1 Å². The molecular weight excluding hydrogens is 298 g/mol. The third-order valence-corrected chi connectivity index (χ3v) is 4.85. The number of hydrogen-bond donors (Lipinski definition) is 1. The van der Waals surface area contributed by atoms with Gasteiger partial charge in [0, 0.05) is 35.9 Å². The zero-order valence-electron chi connectivity index (χ0n) is 12.2. The number of halogens is 1. The SMILES string of the molecule is CC1c2cccn2CCN1C(=O)c1[nH]c2ccccc2c1Cl. The third-order valence-electron chi connectivity index (χ3n) is 4.46. The van der Waals surface area contributed by atoms with Gasteiger partial charge in [-0.15, -0.1) is 0 Å². The second kappa shape index (κ2) is 4.92. The van der Waals surface area contributed by atoms with Gasteiger partial charge in [0.2, 0.25) is 0 Å². The summed E-state index contributed by atoms with van der Waals surface area (Å²) in [6, 6.07) is 11.8. The van der Waals surface area contributed by atoms with Crippen molar-refractivity contribution in [3.05, 3.63) is 59.0 Å². The van der Waals surface area contributed by atoms with Crippen LogP contribution < -0.4 is 0 Å². The van der Waals surface area contributed by atoms with Crippen molar-refractivity contribution in [2.45, 2.75) is 19.5 Å². The second-order valence-electron chi connectivity index (χ2n) is 5.66. The Morgan fingerprint density at radius 3 is 2.86 bits per heavy atom. The number of nitrogens with one attached hydrogen (secondary N) is 1. The Hall–Kier alpha value is -2.20. The monoisotopic (exact) mass is 313 g/mol. The van der Waals surface area contributed by atoms with E-state index in [1.54, 1.807) is 0 Å². The molecule has 1 aromatic carbocycles. The number of amides is 1. The molecule has 2 aromatic heterocycles. The number of benzene rings is 1. The number of carbonyl (C=O) groups excluding carboxylic acids is 1. The maximum Gasteiger partial charge on any atom is 0.272 e. The van der Waals surface area contributed by atoms with Crippen LogP contribution in [0.1, 0.15) is 29.1 Å². The van der Waals surface area contributed by atoms with Crippen LogP contribution in [0.2, 0.25) is 5.02 Å². The molecule has 1 unspecified atom stereocenters. The minimum atomic E-state index is -0.0406. The van der Waals surface area contributed by atoms with Crippen LogP contribution in [0.5, 0.6) is 0 Å². The van der Waals surface area contributed by atoms with Crippen molar-refractivity contribution in [3.63, 3.8) is 0 Å². The topological polar surface area (TPSA) is 41.0 Å². The second-order valence-corrected chi connectivity index (χ2v) is 6.04. The van der Waals surface area contributed by atoms with Gasteiger partial charge >= 0.3 is 0 Å². The van der Waals surface area contributed by atoms with E-state index in [-0.39, 0.29) is 11.9 Å². The van der Waals surface area contributed by atoms with Crippen LogP contribution in [0.4, 0.5) is 0 Å². The smallest absolute Gasteiger partial charge is 0.272 e. The lowest BCUT2D eigenvalue weighted by Crippen LogP contribution is -2.40. The highest BCUT2D eigenvalue weighted by atomic mass is 35.5. The summed E-state index contributed by atoms with van der Waals surface area (Å²) in [7, 11) is 0. The van der Waals surface area contributed by atoms with Crippen LogP contribution in [0.3, 0.4) is 0 Å². The van der Waals surface area contributed by atoms with E-state index in [0.717, 1.165) is 23.1 Å². The molecule has 1 N–H and O–H groups in total. The van der Waals surface area contributed by atoms with Gasteiger partial charge in [-0.25, -0.2) is 0 Å². The zero-order valence-corrected chi connectivity index (χ0v) is 13.0. The lowest BCUT2D eigenvalue weighted by molar-refractivity contribution is 0.0639. The molecule has 112 valence electrons. The first kappa shape index (κ1) is 13.5. The molecule has 0 aliphatic carbocycles. The number of carbonyl (C=O) groups is 1. The average molecular weight is 314 g/mol. The van der Waals surface area contributed by atoms with Crippen molar-refractivity contribution in [3.8, 4) is 0 Å².